The molecular formula is C52H72O12. The molecule has 0 aromatic heterocycles. The van der Waals surface area contributed by atoms with Crippen molar-refractivity contribution in [2.24, 2.45) is 0 Å². The summed E-state index contributed by atoms with van der Waals surface area (Å²) in [7, 11) is 13.3. The Kier molecular flexibility index (Phi) is 19.6. The van der Waals surface area contributed by atoms with Gasteiger partial charge in [0, 0.05) is 121 Å². The summed E-state index contributed by atoms with van der Waals surface area (Å²) in [6, 6.07) is 17.1. The first-order valence-electron chi connectivity index (χ1n) is 22.6. The van der Waals surface area contributed by atoms with E-state index in [4.69, 9.17) is 56.8 Å². The summed E-state index contributed by atoms with van der Waals surface area (Å²) in [5.41, 5.74) is 7.96. The first-order valence-corrected chi connectivity index (χ1v) is 22.6. The van der Waals surface area contributed by atoms with Crippen LogP contribution in [0.4, 0.5) is 0 Å². The SMILES string of the molecule is CCCC1c2cc(c(OCOC)cc2OC)C(CCC)c2cc(c(OCOC)cc2OC)C(CCC)c2cc(c(OCOC)cc2OC)C(CCC)c2cc1c(OCOC)cc2OC. The lowest BCUT2D eigenvalue weighted by atomic mass is 9.76. The van der Waals surface area contributed by atoms with Gasteiger partial charge in [0.25, 0.3) is 0 Å². The minimum Gasteiger partial charge on any atom is -0.496 e. The van der Waals surface area contributed by atoms with Gasteiger partial charge >= 0.3 is 0 Å². The molecule has 0 amide bonds. The van der Waals surface area contributed by atoms with Gasteiger partial charge in [0.2, 0.25) is 0 Å². The van der Waals surface area contributed by atoms with Crippen molar-refractivity contribution in [3.8, 4) is 46.0 Å². The van der Waals surface area contributed by atoms with Crippen LogP contribution in [0.3, 0.4) is 0 Å². The largest absolute Gasteiger partial charge is 0.496 e. The Labute approximate surface area is 381 Å². The molecule has 352 valence electrons. The fourth-order valence-corrected chi connectivity index (χ4v) is 9.33. The van der Waals surface area contributed by atoms with Gasteiger partial charge in [-0.25, -0.2) is 0 Å². The average molecular weight is 889 g/mol. The van der Waals surface area contributed by atoms with E-state index in [2.05, 4.69) is 52.0 Å². The molecular weight excluding hydrogens is 817 g/mol. The van der Waals surface area contributed by atoms with Crippen molar-refractivity contribution >= 4 is 0 Å². The number of fused-ring (bicyclic) bond motifs is 8. The maximum Gasteiger partial charge on any atom is 0.188 e. The van der Waals surface area contributed by atoms with Crippen LogP contribution < -0.4 is 37.9 Å². The van der Waals surface area contributed by atoms with Crippen molar-refractivity contribution in [1.82, 2.24) is 0 Å². The molecule has 4 atom stereocenters. The zero-order valence-electron chi connectivity index (χ0n) is 40.3. The normalized spacial score (nSPS) is 16.8. The topological polar surface area (TPSA) is 111 Å². The molecule has 0 fully saturated rings. The first-order chi connectivity index (χ1) is 31.2. The molecule has 4 aromatic rings. The van der Waals surface area contributed by atoms with E-state index in [9.17, 15) is 0 Å². The van der Waals surface area contributed by atoms with E-state index < -0.39 is 0 Å². The molecule has 4 aromatic carbocycles. The molecule has 12 nitrogen and oxygen atoms in total. The molecule has 0 N–H and O–H groups in total. The van der Waals surface area contributed by atoms with Gasteiger partial charge in [0.1, 0.15) is 46.0 Å². The zero-order chi connectivity index (χ0) is 46.2. The smallest absolute Gasteiger partial charge is 0.188 e. The van der Waals surface area contributed by atoms with Crippen molar-refractivity contribution in [2.45, 2.75) is 103 Å². The summed E-state index contributed by atoms with van der Waals surface area (Å²) < 4.78 is 73.2. The summed E-state index contributed by atoms with van der Waals surface area (Å²) in [5, 5.41) is 0. The van der Waals surface area contributed by atoms with Gasteiger partial charge in [-0.15, -0.1) is 0 Å². The quantitative estimate of drug-likeness (QED) is 0.0625. The highest BCUT2D eigenvalue weighted by Gasteiger charge is 2.34. The van der Waals surface area contributed by atoms with Crippen molar-refractivity contribution in [3.05, 3.63) is 93.0 Å². The zero-order valence-corrected chi connectivity index (χ0v) is 40.3. The van der Waals surface area contributed by atoms with Crippen LogP contribution in [-0.2, 0) is 18.9 Å². The van der Waals surface area contributed by atoms with E-state index >= 15 is 0 Å². The van der Waals surface area contributed by atoms with E-state index in [1.165, 1.54) is 0 Å². The molecule has 8 bridgehead atoms. The second-order valence-corrected chi connectivity index (χ2v) is 16.1. The lowest BCUT2D eigenvalue weighted by molar-refractivity contribution is 0.0499. The standard InChI is InChI=1S/C52H72O12/c1-13-17-33-37-21-42(50(62-30-54-6)25-45(37)57-9)35(19-15-3)39-23-44(52(64-32-56-8)27-47(39)59-11)36(20-16-4)40-24-43(51(63-31-55-7)28-48(40)60-12)34(18-14-2)38-22-41(33)49(61-29-53-5)26-46(38)58-10/h21-28,33-36H,13-20,29-32H2,1-12H3. The van der Waals surface area contributed by atoms with Crippen molar-refractivity contribution in [2.75, 3.05) is 84.1 Å². The van der Waals surface area contributed by atoms with Crippen LogP contribution in [0.25, 0.3) is 0 Å². The monoisotopic (exact) mass is 889 g/mol. The summed E-state index contributed by atoms with van der Waals surface area (Å²) >= 11 is 0. The lowest BCUT2D eigenvalue weighted by Gasteiger charge is -2.31. The van der Waals surface area contributed by atoms with Gasteiger partial charge in [0.15, 0.2) is 27.2 Å². The molecule has 0 radical (unpaired) electrons. The van der Waals surface area contributed by atoms with Crippen LogP contribution >= 0.6 is 0 Å². The van der Waals surface area contributed by atoms with Crippen LogP contribution in [0.1, 0.15) is 147 Å². The number of methoxy groups -OCH3 is 8. The molecule has 0 spiro atoms. The Balaban J connectivity index is 2.09. The maximum atomic E-state index is 6.48. The number of hydrogen-bond acceptors (Lipinski definition) is 12. The highest BCUT2D eigenvalue weighted by molar-refractivity contribution is 5.63. The Morgan fingerprint density at radius 2 is 0.469 bits per heavy atom. The predicted octanol–water partition coefficient (Wildman–Crippen LogP) is 11.7. The molecule has 0 saturated heterocycles. The number of ether oxygens (including phenoxy) is 12. The van der Waals surface area contributed by atoms with Gasteiger partial charge in [-0.3, -0.25) is 0 Å². The molecule has 0 heterocycles. The Morgan fingerprint density at radius 1 is 0.281 bits per heavy atom. The second-order valence-electron chi connectivity index (χ2n) is 16.1. The fourth-order valence-electron chi connectivity index (χ4n) is 9.33. The van der Waals surface area contributed by atoms with Crippen molar-refractivity contribution < 1.29 is 56.8 Å². The molecule has 1 aliphatic rings. The van der Waals surface area contributed by atoms with Crippen LogP contribution in [-0.4, -0.2) is 84.1 Å². The molecule has 0 saturated carbocycles. The van der Waals surface area contributed by atoms with Crippen LogP contribution in [0.15, 0.2) is 48.5 Å². The number of rotatable bonds is 24. The number of hydrogen-bond donors (Lipinski definition) is 0. The molecule has 0 aliphatic heterocycles. The van der Waals surface area contributed by atoms with Gasteiger partial charge in [-0.1, -0.05) is 53.4 Å². The van der Waals surface area contributed by atoms with E-state index in [0.717, 1.165) is 95.9 Å². The average Bonchev–Trinajstić information content (AvgIpc) is 3.32. The lowest BCUT2D eigenvalue weighted by Crippen LogP contribution is -2.16. The molecule has 5 rings (SSSR count). The molecule has 4 unspecified atom stereocenters. The highest BCUT2D eigenvalue weighted by Crippen LogP contribution is 2.53. The maximum absolute atomic E-state index is 6.48. The number of benzene rings is 4. The minimum atomic E-state index is -0.184. The summed E-state index contributed by atoms with van der Waals surface area (Å²) in [4.78, 5) is 0. The first kappa shape index (κ1) is 50.1. The Morgan fingerprint density at radius 3 is 0.625 bits per heavy atom. The van der Waals surface area contributed by atoms with Crippen molar-refractivity contribution in [1.29, 1.82) is 0 Å². The van der Waals surface area contributed by atoms with E-state index in [0.29, 0.717) is 46.0 Å². The van der Waals surface area contributed by atoms with Gasteiger partial charge < -0.3 is 56.8 Å². The summed E-state index contributed by atoms with van der Waals surface area (Å²) in [6.07, 6.45) is 6.65. The van der Waals surface area contributed by atoms with E-state index in [1.807, 2.05) is 24.3 Å². The third-order valence-corrected chi connectivity index (χ3v) is 12.1. The summed E-state index contributed by atoms with van der Waals surface area (Å²) in [6.45, 7) is 9.03. The third-order valence-electron chi connectivity index (χ3n) is 12.1. The van der Waals surface area contributed by atoms with E-state index in [-0.39, 0.29) is 50.8 Å². The third kappa shape index (κ3) is 11.1. The van der Waals surface area contributed by atoms with Gasteiger partial charge in [-0.2, -0.15) is 0 Å². The van der Waals surface area contributed by atoms with Gasteiger partial charge in [-0.05, 0) is 49.9 Å². The van der Waals surface area contributed by atoms with Crippen LogP contribution in [0, 0.1) is 0 Å². The molecule has 1 aliphatic carbocycles. The Bertz CT molecular complexity index is 1790. The van der Waals surface area contributed by atoms with Gasteiger partial charge in [0.05, 0.1) is 28.4 Å². The Hall–Kier alpha value is -4.88. The predicted molar refractivity (Wildman–Crippen MR) is 249 cm³/mol. The highest BCUT2D eigenvalue weighted by atomic mass is 16.7. The van der Waals surface area contributed by atoms with Crippen LogP contribution in [0.2, 0.25) is 0 Å². The fraction of sp³-hybridized carbons (Fsp3) is 0.538. The second kappa shape index (κ2) is 25.0. The van der Waals surface area contributed by atoms with Crippen LogP contribution in [0.5, 0.6) is 46.0 Å². The molecule has 64 heavy (non-hydrogen) atoms. The minimum absolute atomic E-state index is 0.0549. The summed E-state index contributed by atoms with van der Waals surface area (Å²) in [5.74, 6) is 4.70. The van der Waals surface area contributed by atoms with E-state index in [1.54, 1.807) is 56.9 Å². The molecule has 12 heteroatoms. The van der Waals surface area contributed by atoms with Crippen molar-refractivity contribution in [3.63, 3.8) is 0 Å².